The number of aliphatic hydroxyl groups is 1. The summed E-state index contributed by atoms with van der Waals surface area (Å²) in [5.74, 6) is -1.39. The zero-order valence-electron chi connectivity index (χ0n) is 15.5. The van der Waals surface area contributed by atoms with E-state index >= 15 is 0 Å². The zero-order valence-corrected chi connectivity index (χ0v) is 16.3. The SMILES string of the molecule is C[C@@H](O)[C@H]1C(=O)N2C(C(=O)O)=C(S[C@@H]3CN[C@H](C4CN(C=N)C4)C3)[C@H](C)[C@H]12. The number of hydrogen-bond acceptors (Lipinski definition) is 6. The molecule has 0 spiro atoms. The van der Waals surface area contributed by atoms with E-state index in [1.807, 2.05) is 11.8 Å². The minimum absolute atomic E-state index is 0.0745. The molecule has 1 amide bonds. The van der Waals surface area contributed by atoms with Crippen molar-refractivity contribution in [2.75, 3.05) is 19.6 Å². The van der Waals surface area contributed by atoms with Gasteiger partial charge in [-0.15, -0.1) is 11.8 Å². The molecule has 4 heterocycles. The molecule has 0 aliphatic carbocycles. The van der Waals surface area contributed by atoms with Gasteiger partial charge >= 0.3 is 5.97 Å². The molecule has 0 unspecified atom stereocenters. The summed E-state index contributed by atoms with van der Waals surface area (Å²) >= 11 is 1.59. The molecule has 4 aliphatic rings. The minimum Gasteiger partial charge on any atom is -0.477 e. The second-order valence-electron chi connectivity index (χ2n) is 8.11. The van der Waals surface area contributed by atoms with Crippen LogP contribution in [0.1, 0.15) is 20.3 Å². The highest BCUT2D eigenvalue weighted by Crippen LogP contribution is 2.52. The molecule has 9 heteroatoms. The van der Waals surface area contributed by atoms with Crippen LogP contribution in [0.2, 0.25) is 0 Å². The molecule has 6 atom stereocenters. The van der Waals surface area contributed by atoms with E-state index in [9.17, 15) is 19.8 Å². The normalized spacial score (nSPS) is 37.1. The average Bonchev–Trinajstić information content (AvgIpc) is 3.09. The molecule has 0 aromatic carbocycles. The molecule has 0 bridgehead atoms. The fourth-order valence-corrected chi connectivity index (χ4v) is 6.44. The van der Waals surface area contributed by atoms with Crippen LogP contribution in [0.4, 0.5) is 0 Å². The highest BCUT2D eigenvalue weighted by atomic mass is 32.2. The van der Waals surface area contributed by atoms with Gasteiger partial charge in [-0.25, -0.2) is 4.79 Å². The number of thioether (sulfide) groups is 1. The van der Waals surface area contributed by atoms with E-state index in [0.29, 0.717) is 12.0 Å². The molecule has 4 N–H and O–H groups in total. The van der Waals surface area contributed by atoms with Crippen LogP contribution < -0.4 is 5.32 Å². The molecule has 0 aromatic rings. The van der Waals surface area contributed by atoms with Crippen LogP contribution in [-0.2, 0) is 9.59 Å². The third kappa shape index (κ3) is 2.87. The molecular weight excluding hydrogens is 368 g/mol. The fourth-order valence-electron chi connectivity index (χ4n) is 4.95. The molecule has 3 fully saturated rings. The summed E-state index contributed by atoms with van der Waals surface area (Å²) in [7, 11) is 0. The van der Waals surface area contributed by atoms with Crippen molar-refractivity contribution in [1.29, 1.82) is 5.41 Å². The first-order valence-electron chi connectivity index (χ1n) is 9.46. The van der Waals surface area contributed by atoms with Crippen LogP contribution >= 0.6 is 11.8 Å². The van der Waals surface area contributed by atoms with Crippen molar-refractivity contribution >= 4 is 30.0 Å². The summed E-state index contributed by atoms with van der Waals surface area (Å²) in [6, 6.07) is 0.150. The van der Waals surface area contributed by atoms with E-state index in [-0.39, 0.29) is 28.8 Å². The number of carboxylic acids is 1. The van der Waals surface area contributed by atoms with E-state index in [2.05, 4.69) is 5.32 Å². The second-order valence-corrected chi connectivity index (χ2v) is 9.45. The summed E-state index contributed by atoms with van der Waals surface area (Å²) in [6.07, 6.45) is 1.57. The smallest absolute Gasteiger partial charge is 0.353 e. The monoisotopic (exact) mass is 394 g/mol. The number of nitrogens with zero attached hydrogens (tertiary/aromatic N) is 2. The van der Waals surface area contributed by atoms with Crippen molar-refractivity contribution in [2.45, 2.75) is 43.7 Å². The van der Waals surface area contributed by atoms with Gasteiger partial charge in [0.25, 0.3) is 0 Å². The maximum Gasteiger partial charge on any atom is 0.353 e. The Hall–Kier alpha value is -1.58. The number of hydrogen-bond donors (Lipinski definition) is 4. The molecule has 27 heavy (non-hydrogen) atoms. The lowest BCUT2D eigenvalue weighted by Gasteiger charge is -2.46. The summed E-state index contributed by atoms with van der Waals surface area (Å²) in [4.78, 5) is 28.4. The Bertz CT molecular complexity index is 705. The number of aliphatic hydroxyl groups excluding tert-OH is 1. The third-order valence-corrected chi connectivity index (χ3v) is 7.93. The van der Waals surface area contributed by atoms with Crippen molar-refractivity contribution in [3.63, 3.8) is 0 Å². The molecule has 148 valence electrons. The minimum atomic E-state index is -1.06. The van der Waals surface area contributed by atoms with Gasteiger partial charge in [-0.1, -0.05) is 6.92 Å². The lowest BCUT2D eigenvalue weighted by molar-refractivity contribution is -0.163. The Kier molecular flexibility index (Phi) is 4.72. The van der Waals surface area contributed by atoms with Crippen LogP contribution in [0.5, 0.6) is 0 Å². The van der Waals surface area contributed by atoms with Gasteiger partial charge in [-0.2, -0.15) is 0 Å². The number of amides is 1. The number of nitrogens with one attached hydrogen (secondary N) is 2. The van der Waals surface area contributed by atoms with Gasteiger partial charge in [0, 0.05) is 47.7 Å². The van der Waals surface area contributed by atoms with Gasteiger partial charge in [0.15, 0.2) is 0 Å². The van der Waals surface area contributed by atoms with Crippen LogP contribution in [0.15, 0.2) is 10.6 Å². The van der Waals surface area contributed by atoms with Gasteiger partial charge in [0.1, 0.15) is 5.70 Å². The second kappa shape index (κ2) is 6.79. The Morgan fingerprint density at radius 3 is 2.74 bits per heavy atom. The van der Waals surface area contributed by atoms with Crippen molar-refractivity contribution in [3.8, 4) is 0 Å². The number of carboxylic acid groups (broad SMARTS) is 1. The Labute approximate surface area is 162 Å². The number of likely N-dealkylation sites (tertiary alicyclic amines) is 1. The van der Waals surface area contributed by atoms with Gasteiger partial charge < -0.3 is 25.3 Å². The zero-order chi connectivity index (χ0) is 19.5. The number of β-lactam (4-membered cyclic amide) rings is 1. The van der Waals surface area contributed by atoms with Crippen LogP contribution in [-0.4, -0.2) is 81.3 Å². The van der Waals surface area contributed by atoms with Crippen molar-refractivity contribution in [2.24, 2.45) is 17.8 Å². The first-order valence-corrected chi connectivity index (χ1v) is 10.3. The number of carbonyl (C=O) groups excluding carboxylic acids is 1. The summed E-state index contributed by atoms with van der Waals surface area (Å²) in [5, 5.41) is 30.7. The van der Waals surface area contributed by atoms with E-state index in [1.54, 1.807) is 18.7 Å². The lowest BCUT2D eigenvalue weighted by Crippen LogP contribution is -2.63. The largest absolute Gasteiger partial charge is 0.477 e. The first-order chi connectivity index (χ1) is 12.8. The maximum atomic E-state index is 12.4. The predicted molar refractivity (Wildman–Crippen MR) is 101 cm³/mol. The van der Waals surface area contributed by atoms with E-state index in [0.717, 1.165) is 31.0 Å². The predicted octanol–water partition coefficient (Wildman–Crippen LogP) is 0.143. The molecule has 4 rings (SSSR count). The molecule has 8 nitrogen and oxygen atoms in total. The van der Waals surface area contributed by atoms with Gasteiger partial charge in [0.05, 0.1) is 24.4 Å². The molecule has 4 aliphatic heterocycles. The lowest BCUT2D eigenvalue weighted by atomic mass is 9.79. The molecule has 0 aromatic heterocycles. The Morgan fingerprint density at radius 2 is 2.15 bits per heavy atom. The topological polar surface area (TPSA) is 117 Å². The highest BCUT2D eigenvalue weighted by Gasteiger charge is 2.60. The molecule has 3 saturated heterocycles. The van der Waals surface area contributed by atoms with Crippen LogP contribution in [0.25, 0.3) is 0 Å². The van der Waals surface area contributed by atoms with Crippen molar-refractivity contribution < 1.29 is 19.8 Å². The maximum absolute atomic E-state index is 12.4. The van der Waals surface area contributed by atoms with Crippen molar-refractivity contribution in [1.82, 2.24) is 15.1 Å². The van der Waals surface area contributed by atoms with Crippen LogP contribution in [0, 0.1) is 23.2 Å². The number of rotatable bonds is 6. The number of fused-ring (bicyclic) bond motifs is 1. The van der Waals surface area contributed by atoms with Gasteiger partial charge in [0.2, 0.25) is 5.91 Å². The fraction of sp³-hybridized carbons (Fsp3) is 0.722. The molecule has 0 saturated carbocycles. The first kappa shape index (κ1) is 18.8. The quantitative estimate of drug-likeness (QED) is 0.288. The number of carbonyl (C=O) groups is 2. The van der Waals surface area contributed by atoms with E-state index in [1.165, 1.54) is 11.2 Å². The Morgan fingerprint density at radius 1 is 1.44 bits per heavy atom. The molecule has 0 radical (unpaired) electrons. The van der Waals surface area contributed by atoms with Crippen LogP contribution in [0.3, 0.4) is 0 Å². The van der Waals surface area contributed by atoms with Gasteiger partial charge in [-0.05, 0) is 13.3 Å². The Balaban J connectivity index is 1.46. The summed E-state index contributed by atoms with van der Waals surface area (Å²) in [6.45, 7) is 6.18. The third-order valence-electron chi connectivity index (χ3n) is 6.42. The average molecular weight is 394 g/mol. The number of aliphatic carboxylic acids is 1. The van der Waals surface area contributed by atoms with Crippen molar-refractivity contribution in [3.05, 3.63) is 10.6 Å². The van der Waals surface area contributed by atoms with E-state index in [4.69, 9.17) is 5.41 Å². The standard InChI is InChI=1S/C18H26N4O4S/c1-8-14-13(9(2)23)17(24)22(14)15(18(25)26)16(8)27-11-3-12(20-4-11)10-5-21(6-10)7-19/h7-14,19-20,23H,3-6H2,1-2H3,(H,25,26)/t8-,9-,11+,12+,13-,14-/m1/s1. The highest BCUT2D eigenvalue weighted by molar-refractivity contribution is 8.03. The van der Waals surface area contributed by atoms with E-state index < -0.39 is 18.0 Å². The van der Waals surface area contributed by atoms with Gasteiger partial charge in [-0.3, -0.25) is 10.2 Å². The molecular formula is C18H26N4O4S. The summed E-state index contributed by atoms with van der Waals surface area (Å²) < 4.78 is 0. The summed E-state index contributed by atoms with van der Waals surface area (Å²) in [5.41, 5.74) is 0.112.